The number of nitrogens with zero attached hydrogens (tertiary/aromatic N) is 4. The third kappa shape index (κ3) is 5.62. The van der Waals surface area contributed by atoms with Gasteiger partial charge in [0.05, 0.1) is 22.9 Å². The molecule has 0 bridgehead atoms. The van der Waals surface area contributed by atoms with Crippen LogP contribution in [0.1, 0.15) is 21.5 Å². The topological polar surface area (TPSA) is 67.7 Å². The molecular formula is C23H26N4O2S. The van der Waals surface area contributed by atoms with E-state index in [0.29, 0.717) is 30.0 Å². The van der Waals surface area contributed by atoms with E-state index in [-0.39, 0.29) is 11.8 Å². The Morgan fingerprint density at radius 1 is 1.03 bits per heavy atom. The first-order valence-corrected chi connectivity index (χ1v) is 10.9. The average molecular weight is 423 g/mol. The van der Waals surface area contributed by atoms with Crippen molar-refractivity contribution in [2.45, 2.75) is 11.4 Å². The van der Waals surface area contributed by atoms with Crippen LogP contribution in [0.15, 0.2) is 53.4 Å². The van der Waals surface area contributed by atoms with E-state index in [9.17, 15) is 9.59 Å². The first-order valence-electron chi connectivity index (χ1n) is 9.90. The van der Waals surface area contributed by atoms with Crippen LogP contribution in [0, 0.1) is 11.3 Å². The van der Waals surface area contributed by atoms with E-state index in [1.54, 1.807) is 19.0 Å². The van der Waals surface area contributed by atoms with Crippen molar-refractivity contribution >= 4 is 23.6 Å². The summed E-state index contributed by atoms with van der Waals surface area (Å²) in [6.07, 6.45) is 0. The number of amides is 2. The van der Waals surface area contributed by atoms with Crippen LogP contribution in [0.3, 0.4) is 0 Å². The molecule has 0 radical (unpaired) electrons. The molecule has 1 aliphatic rings. The van der Waals surface area contributed by atoms with Gasteiger partial charge in [0.15, 0.2) is 0 Å². The minimum Gasteiger partial charge on any atom is -0.348 e. The van der Waals surface area contributed by atoms with E-state index in [2.05, 4.69) is 11.0 Å². The first-order chi connectivity index (χ1) is 14.5. The second-order valence-corrected chi connectivity index (χ2v) is 8.47. The molecule has 0 spiro atoms. The lowest BCUT2D eigenvalue weighted by Crippen LogP contribution is -2.48. The highest BCUT2D eigenvalue weighted by Gasteiger charge is 2.24. The van der Waals surface area contributed by atoms with Gasteiger partial charge in [-0.05, 0) is 29.8 Å². The van der Waals surface area contributed by atoms with Crippen molar-refractivity contribution in [3.8, 4) is 6.07 Å². The first kappa shape index (κ1) is 21.9. The second-order valence-electron chi connectivity index (χ2n) is 7.45. The molecule has 1 saturated heterocycles. The molecule has 0 aliphatic carbocycles. The molecule has 3 rings (SSSR count). The molecule has 6 nitrogen and oxygen atoms in total. The molecule has 0 unspecified atom stereocenters. The van der Waals surface area contributed by atoms with Crippen LogP contribution >= 0.6 is 11.8 Å². The predicted octanol–water partition coefficient (Wildman–Crippen LogP) is 2.70. The Kier molecular flexibility index (Phi) is 7.50. The number of carbonyl (C=O) groups is 2. The molecule has 2 amide bonds. The van der Waals surface area contributed by atoms with Crippen molar-refractivity contribution in [3.05, 3.63) is 65.2 Å². The zero-order chi connectivity index (χ0) is 21.5. The Labute approximate surface area is 182 Å². The summed E-state index contributed by atoms with van der Waals surface area (Å²) < 4.78 is 0. The lowest BCUT2D eigenvalue weighted by Gasteiger charge is -2.35. The van der Waals surface area contributed by atoms with Gasteiger partial charge in [-0.3, -0.25) is 14.5 Å². The number of piperazine rings is 1. The van der Waals surface area contributed by atoms with Gasteiger partial charge in [0, 0.05) is 51.7 Å². The highest BCUT2D eigenvalue weighted by atomic mass is 32.2. The van der Waals surface area contributed by atoms with Crippen LogP contribution in [0.2, 0.25) is 0 Å². The van der Waals surface area contributed by atoms with E-state index in [4.69, 9.17) is 5.26 Å². The monoisotopic (exact) mass is 422 g/mol. The van der Waals surface area contributed by atoms with Crippen LogP contribution in [0.5, 0.6) is 0 Å². The Bertz CT molecular complexity index is 929. The van der Waals surface area contributed by atoms with Crippen molar-refractivity contribution in [2.75, 3.05) is 46.0 Å². The van der Waals surface area contributed by atoms with Gasteiger partial charge < -0.3 is 9.80 Å². The highest BCUT2D eigenvalue weighted by molar-refractivity contribution is 8.00. The number of rotatable bonds is 6. The number of benzene rings is 2. The molecule has 7 heteroatoms. The summed E-state index contributed by atoms with van der Waals surface area (Å²) in [5.41, 5.74) is 2.49. The summed E-state index contributed by atoms with van der Waals surface area (Å²) in [4.78, 5) is 31.6. The third-order valence-corrected chi connectivity index (χ3v) is 6.17. The van der Waals surface area contributed by atoms with Crippen molar-refractivity contribution in [3.63, 3.8) is 0 Å². The van der Waals surface area contributed by atoms with Crippen molar-refractivity contribution in [1.29, 1.82) is 5.26 Å². The number of hydrogen-bond acceptors (Lipinski definition) is 5. The van der Waals surface area contributed by atoms with Crippen molar-refractivity contribution in [1.82, 2.24) is 14.7 Å². The largest absolute Gasteiger partial charge is 0.348 e. The minimum absolute atomic E-state index is 0.0217. The SMILES string of the molecule is CN(C)C(=O)CSc1ccccc1C(=O)N1CCN(Cc2ccc(C#N)cc2)CC1. The zero-order valence-electron chi connectivity index (χ0n) is 17.4. The molecule has 0 saturated carbocycles. The molecule has 2 aromatic carbocycles. The Balaban J connectivity index is 1.57. The van der Waals surface area contributed by atoms with Gasteiger partial charge >= 0.3 is 0 Å². The van der Waals surface area contributed by atoms with Gasteiger partial charge in [-0.2, -0.15) is 5.26 Å². The van der Waals surface area contributed by atoms with E-state index in [1.807, 2.05) is 53.4 Å². The number of hydrogen-bond donors (Lipinski definition) is 0. The molecule has 30 heavy (non-hydrogen) atoms. The Hall–Kier alpha value is -2.82. The molecular weight excluding hydrogens is 396 g/mol. The molecule has 156 valence electrons. The molecule has 0 atom stereocenters. The lowest BCUT2D eigenvalue weighted by molar-refractivity contribution is -0.125. The van der Waals surface area contributed by atoms with Gasteiger partial charge in [-0.1, -0.05) is 24.3 Å². The number of nitriles is 1. The van der Waals surface area contributed by atoms with Crippen LogP contribution in [-0.4, -0.2) is 72.5 Å². The summed E-state index contributed by atoms with van der Waals surface area (Å²) in [6, 6.07) is 17.3. The fraction of sp³-hybridized carbons (Fsp3) is 0.348. The van der Waals surface area contributed by atoms with Crippen molar-refractivity contribution < 1.29 is 9.59 Å². The molecule has 0 N–H and O–H groups in total. The maximum absolute atomic E-state index is 13.1. The van der Waals surface area contributed by atoms with Crippen LogP contribution in [0.25, 0.3) is 0 Å². The van der Waals surface area contributed by atoms with Gasteiger partial charge in [0.2, 0.25) is 5.91 Å². The van der Waals surface area contributed by atoms with Gasteiger partial charge in [-0.25, -0.2) is 0 Å². The van der Waals surface area contributed by atoms with Gasteiger partial charge in [0.25, 0.3) is 5.91 Å². The zero-order valence-corrected chi connectivity index (χ0v) is 18.2. The summed E-state index contributed by atoms with van der Waals surface area (Å²) in [5, 5.41) is 8.91. The summed E-state index contributed by atoms with van der Waals surface area (Å²) in [7, 11) is 3.47. The highest BCUT2D eigenvalue weighted by Crippen LogP contribution is 2.24. The maximum atomic E-state index is 13.1. The van der Waals surface area contributed by atoms with E-state index in [0.717, 1.165) is 24.5 Å². The van der Waals surface area contributed by atoms with E-state index >= 15 is 0 Å². The summed E-state index contributed by atoms with van der Waals surface area (Å²) >= 11 is 1.41. The fourth-order valence-corrected chi connectivity index (χ4v) is 4.28. The standard InChI is InChI=1S/C23H26N4O2S/c1-25(2)22(28)17-30-21-6-4-3-5-20(21)23(29)27-13-11-26(12-14-27)16-19-9-7-18(15-24)8-10-19/h3-10H,11-14,16-17H2,1-2H3. The van der Waals surface area contributed by atoms with Crippen LogP contribution < -0.4 is 0 Å². The van der Waals surface area contributed by atoms with E-state index in [1.165, 1.54) is 17.3 Å². The molecule has 2 aromatic rings. The average Bonchev–Trinajstić information content (AvgIpc) is 2.78. The Morgan fingerprint density at radius 3 is 2.33 bits per heavy atom. The second kappa shape index (κ2) is 10.3. The van der Waals surface area contributed by atoms with Gasteiger partial charge in [0.1, 0.15) is 0 Å². The molecule has 1 fully saturated rings. The van der Waals surface area contributed by atoms with Crippen LogP contribution in [-0.2, 0) is 11.3 Å². The summed E-state index contributed by atoms with van der Waals surface area (Å²) in [5.74, 6) is 0.363. The summed E-state index contributed by atoms with van der Waals surface area (Å²) in [6.45, 7) is 3.77. The maximum Gasteiger partial charge on any atom is 0.255 e. The molecule has 1 aliphatic heterocycles. The lowest BCUT2D eigenvalue weighted by atomic mass is 10.1. The minimum atomic E-state index is 0.0217. The third-order valence-electron chi connectivity index (χ3n) is 5.12. The smallest absolute Gasteiger partial charge is 0.255 e. The quantitative estimate of drug-likeness (QED) is 0.670. The normalized spacial score (nSPS) is 14.2. The molecule has 0 aromatic heterocycles. The van der Waals surface area contributed by atoms with Crippen molar-refractivity contribution in [2.24, 2.45) is 0 Å². The molecule has 1 heterocycles. The van der Waals surface area contributed by atoms with Crippen LogP contribution in [0.4, 0.5) is 0 Å². The van der Waals surface area contributed by atoms with Gasteiger partial charge in [-0.15, -0.1) is 11.8 Å². The van der Waals surface area contributed by atoms with E-state index < -0.39 is 0 Å². The number of carbonyl (C=O) groups excluding carboxylic acids is 2. The Morgan fingerprint density at radius 2 is 1.70 bits per heavy atom. The predicted molar refractivity (Wildman–Crippen MR) is 118 cm³/mol. The number of thioether (sulfide) groups is 1. The fourth-order valence-electron chi connectivity index (χ4n) is 3.26.